The molecular weight excluding hydrogens is 234 g/mol. The van der Waals surface area contributed by atoms with Crippen LogP contribution in [0.4, 0.5) is 0 Å². The van der Waals surface area contributed by atoms with Gasteiger partial charge in [-0.15, -0.1) is 6.58 Å². The van der Waals surface area contributed by atoms with Crippen molar-refractivity contribution in [3.63, 3.8) is 0 Å². The van der Waals surface area contributed by atoms with Crippen LogP contribution in [0.2, 0.25) is 0 Å². The zero-order valence-electron chi connectivity index (χ0n) is 11.3. The number of benzene rings is 1. The summed E-state index contributed by atoms with van der Waals surface area (Å²) in [6.45, 7) is 6.50. The van der Waals surface area contributed by atoms with Gasteiger partial charge in [0.1, 0.15) is 12.4 Å². The Hall–Kier alpha value is -2.09. The van der Waals surface area contributed by atoms with Gasteiger partial charge in [0.25, 0.3) is 0 Å². The monoisotopic (exact) mass is 253 g/mol. The molecule has 2 nitrogen and oxygen atoms in total. The summed E-state index contributed by atoms with van der Waals surface area (Å²) in [4.78, 5) is 4.25. The molecule has 1 aromatic heterocycles. The Morgan fingerprint density at radius 2 is 2.00 bits per heavy atom. The van der Waals surface area contributed by atoms with E-state index in [2.05, 4.69) is 30.6 Å². The lowest BCUT2D eigenvalue weighted by atomic mass is 10.0. The highest BCUT2D eigenvalue weighted by molar-refractivity contribution is 5.38. The molecule has 0 amide bonds. The number of ether oxygens (including phenoxy) is 1. The van der Waals surface area contributed by atoms with Crippen molar-refractivity contribution < 1.29 is 4.74 Å². The molecule has 0 fully saturated rings. The van der Waals surface area contributed by atoms with Gasteiger partial charge in [0.2, 0.25) is 0 Å². The van der Waals surface area contributed by atoms with Crippen LogP contribution in [0, 0.1) is 0 Å². The molecular formula is C17H19NO. The summed E-state index contributed by atoms with van der Waals surface area (Å²) in [7, 11) is 0. The lowest BCUT2D eigenvalue weighted by molar-refractivity contribution is 0.301. The Bertz CT molecular complexity index is 534. The van der Waals surface area contributed by atoms with Gasteiger partial charge in [0.05, 0.1) is 6.20 Å². The normalized spacial score (nSPS) is 10.2. The average molecular weight is 253 g/mol. The fourth-order valence-corrected chi connectivity index (χ4v) is 2.10. The van der Waals surface area contributed by atoms with E-state index in [0.717, 1.165) is 18.6 Å². The highest BCUT2D eigenvalue weighted by Gasteiger charge is 2.07. The van der Waals surface area contributed by atoms with E-state index in [4.69, 9.17) is 4.74 Å². The van der Waals surface area contributed by atoms with Gasteiger partial charge >= 0.3 is 0 Å². The molecule has 0 saturated heterocycles. The van der Waals surface area contributed by atoms with E-state index in [1.165, 1.54) is 16.7 Å². The molecule has 0 saturated carbocycles. The number of aromatic nitrogens is 1. The Morgan fingerprint density at radius 3 is 2.68 bits per heavy atom. The van der Waals surface area contributed by atoms with Crippen molar-refractivity contribution in [1.82, 2.24) is 4.98 Å². The van der Waals surface area contributed by atoms with Gasteiger partial charge < -0.3 is 4.74 Å². The summed E-state index contributed by atoms with van der Waals surface area (Å²) in [5.74, 6) is 0.880. The molecule has 1 heterocycles. The van der Waals surface area contributed by atoms with Gasteiger partial charge in [-0.1, -0.05) is 43.3 Å². The topological polar surface area (TPSA) is 22.1 Å². The van der Waals surface area contributed by atoms with Gasteiger partial charge in [-0.25, -0.2) is 0 Å². The van der Waals surface area contributed by atoms with E-state index >= 15 is 0 Å². The predicted octanol–water partition coefficient (Wildman–Crippen LogP) is 3.95. The van der Waals surface area contributed by atoms with Crippen LogP contribution in [0.1, 0.15) is 23.6 Å². The summed E-state index contributed by atoms with van der Waals surface area (Å²) in [6.07, 6.45) is 7.37. The first-order valence-corrected chi connectivity index (χ1v) is 6.58. The van der Waals surface area contributed by atoms with E-state index in [1.54, 1.807) is 6.20 Å². The van der Waals surface area contributed by atoms with Crippen LogP contribution in [0.3, 0.4) is 0 Å². The third-order valence-corrected chi connectivity index (χ3v) is 3.06. The van der Waals surface area contributed by atoms with Crippen LogP contribution >= 0.6 is 0 Å². The maximum absolute atomic E-state index is 5.90. The lowest BCUT2D eigenvalue weighted by Crippen LogP contribution is -2.02. The Morgan fingerprint density at radius 1 is 1.21 bits per heavy atom. The Kier molecular flexibility index (Phi) is 4.73. The molecule has 0 spiro atoms. The number of allylic oxidation sites excluding steroid dienone is 1. The van der Waals surface area contributed by atoms with Crippen molar-refractivity contribution in [1.29, 1.82) is 0 Å². The molecule has 19 heavy (non-hydrogen) atoms. The standard InChI is InChI=1S/C17H19NO/c1-3-8-15-11-18-12-17(16(15)4-2)19-13-14-9-6-5-7-10-14/h3,5-7,9-12H,1,4,8,13H2,2H3. The molecule has 2 rings (SSSR count). The van der Waals surface area contributed by atoms with Crippen LogP contribution < -0.4 is 4.74 Å². The van der Waals surface area contributed by atoms with E-state index in [0.29, 0.717) is 6.61 Å². The smallest absolute Gasteiger partial charge is 0.141 e. The van der Waals surface area contributed by atoms with Crippen LogP contribution in [0.25, 0.3) is 0 Å². The summed E-state index contributed by atoms with van der Waals surface area (Å²) in [6, 6.07) is 10.2. The van der Waals surface area contributed by atoms with Crippen LogP contribution in [0.15, 0.2) is 55.4 Å². The molecule has 0 unspecified atom stereocenters. The molecule has 2 aromatic rings. The lowest BCUT2D eigenvalue weighted by Gasteiger charge is -2.13. The SMILES string of the molecule is C=CCc1cncc(OCc2ccccc2)c1CC. The minimum Gasteiger partial charge on any atom is -0.487 e. The van der Waals surface area contributed by atoms with Crippen molar-refractivity contribution in [3.05, 3.63) is 72.1 Å². The molecule has 1 aromatic carbocycles. The summed E-state index contributed by atoms with van der Waals surface area (Å²) in [5.41, 5.74) is 3.59. The molecule has 0 aliphatic carbocycles. The number of hydrogen-bond acceptors (Lipinski definition) is 2. The van der Waals surface area contributed by atoms with Crippen LogP contribution in [0.5, 0.6) is 5.75 Å². The van der Waals surface area contributed by atoms with E-state index in [-0.39, 0.29) is 0 Å². The molecule has 0 atom stereocenters. The molecule has 98 valence electrons. The second-order valence-electron chi connectivity index (χ2n) is 4.40. The fraction of sp³-hybridized carbons (Fsp3) is 0.235. The first kappa shape index (κ1) is 13.3. The van der Waals surface area contributed by atoms with Crippen molar-refractivity contribution >= 4 is 0 Å². The maximum atomic E-state index is 5.90. The second kappa shape index (κ2) is 6.74. The van der Waals surface area contributed by atoms with Gasteiger partial charge in [-0.2, -0.15) is 0 Å². The highest BCUT2D eigenvalue weighted by atomic mass is 16.5. The van der Waals surface area contributed by atoms with Crippen molar-refractivity contribution in [2.45, 2.75) is 26.4 Å². The Balaban J connectivity index is 2.15. The average Bonchev–Trinajstić information content (AvgIpc) is 2.46. The largest absolute Gasteiger partial charge is 0.487 e. The Labute approximate surface area is 114 Å². The van der Waals surface area contributed by atoms with Crippen LogP contribution in [-0.4, -0.2) is 4.98 Å². The fourth-order valence-electron chi connectivity index (χ4n) is 2.10. The molecule has 0 aliphatic heterocycles. The van der Waals surface area contributed by atoms with Crippen LogP contribution in [-0.2, 0) is 19.4 Å². The maximum Gasteiger partial charge on any atom is 0.141 e. The summed E-state index contributed by atoms with van der Waals surface area (Å²) < 4.78 is 5.90. The van der Waals surface area contributed by atoms with Gasteiger partial charge in [0.15, 0.2) is 0 Å². The zero-order valence-corrected chi connectivity index (χ0v) is 11.3. The third kappa shape index (κ3) is 3.44. The van der Waals surface area contributed by atoms with Gasteiger partial charge in [0, 0.05) is 11.8 Å². The van der Waals surface area contributed by atoms with Crippen molar-refractivity contribution in [3.8, 4) is 5.75 Å². The number of pyridine rings is 1. The second-order valence-corrected chi connectivity index (χ2v) is 4.40. The first-order chi connectivity index (χ1) is 9.35. The number of nitrogens with zero attached hydrogens (tertiary/aromatic N) is 1. The van der Waals surface area contributed by atoms with Gasteiger partial charge in [-0.05, 0) is 24.0 Å². The quantitative estimate of drug-likeness (QED) is 0.727. The van der Waals surface area contributed by atoms with Crippen molar-refractivity contribution in [2.75, 3.05) is 0 Å². The molecule has 0 bridgehead atoms. The predicted molar refractivity (Wildman–Crippen MR) is 78.3 cm³/mol. The third-order valence-electron chi connectivity index (χ3n) is 3.06. The molecule has 0 aliphatic rings. The summed E-state index contributed by atoms with van der Waals surface area (Å²) in [5, 5.41) is 0. The highest BCUT2D eigenvalue weighted by Crippen LogP contribution is 2.23. The number of rotatable bonds is 6. The van der Waals surface area contributed by atoms with E-state index < -0.39 is 0 Å². The molecule has 0 N–H and O–H groups in total. The summed E-state index contributed by atoms with van der Waals surface area (Å²) >= 11 is 0. The van der Waals surface area contributed by atoms with Gasteiger partial charge in [-0.3, -0.25) is 4.98 Å². The minimum atomic E-state index is 0.576. The molecule has 0 radical (unpaired) electrons. The zero-order chi connectivity index (χ0) is 13.5. The first-order valence-electron chi connectivity index (χ1n) is 6.58. The molecule has 2 heteroatoms. The van der Waals surface area contributed by atoms with Crippen molar-refractivity contribution in [2.24, 2.45) is 0 Å². The minimum absolute atomic E-state index is 0.576. The van der Waals surface area contributed by atoms with E-state index in [9.17, 15) is 0 Å². The van der Waals surface area contributed by atoms with E-state index in [1.807, 2.05) is 30.5 Å². The number of hydrogen-bond donors (Lipinski definition) is 0.